The number of hydrogen-bond donors (Lipinski definition) is 2. The highest BCUT2D eigenvalue weighted by Gasteiger charge is 2.24. The van der Waals surface area contributed by atoms with Gasteiger partial charge >= 0.3 is 0 Å². The van der Waals surface area contributed by atoms with E-state index in [1.54, 1.807) is 24.4 Å². The van der Waals surface area contributed by atoms with Crippen LogP contribution >= 0.6 is 0 Å². The predicted molar refractivity (Wildman–Crippen MR) is 81.1 cm³/mol. The smallest absolute Gasteiger partial charge is 0.270 e. The Morgan fingerprint density at radius 3 is 2.73 bits per heavy atom. The molecule has 1 aromatic carbocycles. The summed E-state index contributed by atoms with van der Waals surface area (Å²) in [5.74, 6) is 0.0199. The first-order valence-electron chi connectivity index (χ1n) is 7.33. The summed E-state index contributed by atoms with van der Waals surface area (Å²) in [6.45, 7) is 0.610. The van der Waals surface area contributed by atoms with Crippen molar-refractivity contribution in [2.75, 3.05) is 11.9 Å². The van der Waals surface area contributed by atoms with Crippen LogP contribution in [-0.2, 0) is 6.42 Å². The molecule has 1 aliphatic rings. The molecule has 0 spiro atoms. The van der Waals surface area contributed by atoms with Crippen molar-refractivity contribution in [1.82, 2.24) is 15.3 Å². The van der Waals surface area contributed by atoms with Crippen LogP contribution in [0.2, 0.25) is 0 Å². The number of carbonyl (C=O) groups is 1. The standard InChI is InChI=1S/C16H17FN4O/c17-12-3-1-11(2-4-12)7-9-18-16-19-10-8-14(21-16)15(22)20-13-5-6-13/h1-4,8,10,13H,5-7,9H2,(H,20,22)(H,18,19,21). The SMILES string of the molecule is O=C(NC1CC1)c1ccnc(NCCc2ccc(F)cc2)n1. The zero-order chi connectivity index (χ0) is 15.4. The van der Waals surface area contributed by atoms with E-state index in [2.05, 4.69) is 20.6 Å². The third-order valence-electron chi connectivity index (χ3n) is 3.41. The van der Waals surface area contributed by atoms with Crippen LogP contribution in [0, 0.1) is 5.82 Å². The van der Waals surface area contributed by atoms with E-state index in [4.69, 9.17) is 0 Å². The van der Waals surface area contributed by atoms with E-state index in [0.717, 1.165) is 24.8 Å². The van der Waals surface area contributed by atoms with E-state index < -0.39 is 0 Å². The number of rotatable bonds is 6. The van der Waals surface area contributed by atoms with Gasteiger partial charge in [-0.2, -0.15) is 0 Å². The second kappa shape index (κ2) is 6.51. The van der Waals surface area contributed by atoms with Gasteiger partial charge in [-0.25, -0.2) is 14.4 Å². The minimum absolute atomic E-state index is 0.161. The fraction of sp³-hybridized carbons (Fsp3) is 0.312. The quantitative estimate of drug-likeness (QED) is 0.858. The highest BCUT2D eigenvalue weighted by molar-refractivity contribution is 5.92. The summed E-state index contributed by atoms with van der Waals surface area (Å²) in [7, 11) is 0. The van der Waals surface area contributed by atoms with E-state index in [1.165, 1.54) is 12.1 Å². The van der Waals surface area contributed by atoms with E-state index >= 15 is 0 Å². The minimum Gasteiger partial charge on any atom is -0.354 e. The first-order valence-corrected chi connectivity index (χ1v) is 7.33. The second-order valence-electron chi connectivity index (χ2n) is 5.32. The summed E-state index contributed by atoms with van der Waals surface area (Å²) in [6.07, 6.45) is 4.37. The lowest BCUT2D eigenvalue weighted by molar-refractivity contribution is 0.0946. The van der Waals surface area contributed by atoms with Crippen molar-refractivity contribution >= 4 is 11.9 Å². The minimum atomic E-state index is -0.241. The molecule has 3 rings (SSSR count). The van der Waals surface area contributed by atoms with E-state index in [-0.39, 0.29) is 11.7 Å². The van der Waals surface area contributed by atoms with E-state index in [0.29, 0.717) is 24.2 Å². The lowest BCUT2D eigenvalue weighted by atomic mass is 10.1. The molecule has 2 aromatic rings. The van der Waals surface area contributed by atoms with Gasteiger partial charge in [0.2, 0.25) is 5.95 Å². The van der Waals surface area contributed by atoms with Gasteiger partial charge in [0.1, 0.15) is 11.5 Å². The van der Waals surface area contributed by atoms with Gasteiger partial charge in [0.05, 0.1) is 0 Å². The van der Waals surface area contributed by atoms with Gasteiger partial charge in [-0.15, -0.1) is 0 Å². The molecule has 0 unspecified atom stereocenters. The molecule has 0 radical (unpaired) electrons. The number of nitrogens with one attached hydrogen (secondary N) is 2. The molecule has 0 saturated heterocycles. The number of amides is 1. The van der Waals surface area contributed by atoms with Gasteiger partial charge in [-0.3, -0.25) is 4.79 Å². The fourth-order valence-electron chi connectivity index (χ4n) is 2.03. The number of nitrogens with zero attached hydrogens (tertiary/aromatic N) is 2. The lowest BCUT2D eigenvalue weighted by Crippen LogP contribution is -2.26. The van der Waals surface area contributed by atoms with Crippen LogP contribution in [0.1, 0.15) is 28.9 Å². The Hall–Kier alpha value is -2.50. The molecule has 1 fully saturated rings. The fourth-order valence-corrected chi connectivity index (χ4v) is 2.03. The highest BCUT2D eigenvalue weighted by Crippen LogP contribution is 2.19. The summed E-state index contributed by atoms with van der Waals surface area (Å²) in [5, 5.41) is 5.97. The molecule has 1 heterocycles. The average molecular weight is 300 g/mol. The van der Waals surface area contributed by atoms with Crippen LogP contribution in [-0.4, -0.2) is 28.5 Å². The molecule has 1 saturated carbocycles. The first-order chi connectivity index (χ1) is 10.7. The monoisotopic (exact) mass is 300 g/mol. The molecule has 0 bridgehead atoms. The topological polar surface area (TPSA) is 66.9 Å². The molecule has 0 atom stereocenters. The van der Waals surface area contributed by atoms with Gasteiger partial charge in [0.25, 0.3) is 5.91 Å². The van der Waals surface area contributed by atoms with Crippen molar-refractivity contribution < 1.29 is 9.18 Å². The molecular formula is C16H17FN4O. The Balaban J connectivity index is 1.53. The Kier molecular flexibility index (Phi) is 4.27. The van der Waals surface area contributed by atoms with Crippen LogP contribution < -0.4 is 10.6 Å². The Labute approximate surface area is 128 Å². The molecule has 22 heavy (non-hydrogen) atoms. The molecule has 1 aromatic heterocycles. The third-order valence-corrected chi connectivity index (χ3v) is 3.41. The van der Waals surface area contributed by atoms with Crippen molar-refractivity contribution in [1.29, 1.82) is 0 Å². The number of hydrogen-bond acceptors (Lipinski definition) is 4. The summed E-state index contributed by atoms with van der Waals surface area (Å²) in [6, 6.07) is 8.28. The first kappa shape index (κ1) is 14.4. The third kappa shape index (κ3) is 4.00. The predicted octanol–water partition coefficient (Wildman–Crippen LogP) is 2.16. The summed E-state index contributed by atoms with van der Waals surface area (Å²) < 4.78 is 12.8. The maximum Gasteiger partial charge on any atom is 0.270 e. The summed E-state index contributed by atoms with van der Waals surface area (Å²) in [5.41, 5.74) is 1.39. The van der Waals surface area contributed by atoms with Crippen LogP contribution in [0.15, 0.2) is 36.5 Å². The van der Waals surface area contributed by atoms with Crippen molar-refractivity contribution in [3.63, 3.8) is 0 Å². The molecule has 1 amide bonds. The molecule has 6 heteroatoms. The van der Waals surface area contributed by atoms with Gasteiger partial charge in [-0.05, 0) is 43.0 Å². The van der Waals surface area contributed by atoms with Crippen molar-refractivity contribution in [2.45, 2.75) is 25.3 Å². The van der Waals surface area contributed by atoms with Crippen LogP contribution in [0.3, 0.4) is 0 Å². The number of halogens is 1. The molecular weight excluding hydrogens is 283 g/mol. The maximum atomic E-state index is 12.8. The van der Waals surface area contributed by atoms with Gasteiger partial charge < -0.3 is 10.6 Å². The maximum absolute atomic E-state index is 12.8. The van der Waals surface area contributed by atoms with E-state index in [1.807, 2.05) is 0 Å². The lowest BCUT2D eigenvalue weighted by Gasteiger charge is -2.07. The molecule has 2 N–H and O–H groups in total. The second-order valence-corrected chi connectivity index (χ2v) is 5.32. The summed E-state index contributed by atoms with van der Waals surface area (Å²) >= 11 is 0. The largest absolute Gasteiger partial charge is 0.354 e. The van der Waals surface area contributed by atoms with Crippen LogP contribution in [0.4, 0.5) is 10.3 Å². The highest BCUT2D eigenvalue weighted by atomic mass is 19.1. The van der Waals surface area contributed by atoms with Crippen LogP contribution in [0.25, 0.3) is 0 Å². The number of carbonyl (C=O) groups excluding carboxylic acids is 1. The van der Waals surface area contributed by atoms with Crippen molar-refractivity contribution in [3.8, 4) is 0 Å². The normalized spacial score (nSPS) is 13.7. The van der Waals surface area contributed by atoms with Crippen molar-refractivity contribution in [2.24, 2.45) is 0 Å². The van der Waals surface area contributed by atoms with Gasteiger partial charge in [0.15, 0.2) is 0 Å². The Morgan fingerprint density at radius 1 is 1.23 bits per heavy atom. The van der Waals surface area contributed by atoms with E-state index in [9.17, 15) is 9.18 Å². The van der Waals surface area contributed by atoms with Gasteiger partial charge in [0, 0.05) is 18.8 Å². The zero-order valence-corrected chi connectivity index (χ0v) is 12.1. The van der Waals surface area contributed by atoms with Crippen LogP contribution in [0.5, 0.6) is 0 Å². The number of aromatic nitrogens is 2. The number of benzene rings is 1. The Morgan fingerprint density at radius 2 is 2.00 bits per heavy atom. The van der Waals surface area contributed by atoms with Gasteiger partial charge in [-0.1, -0.05) is 12.1 Å². The molecule has 1 aliphatic carbocycles. The average Bonchev–Trinajstić information content (AvgIpc) is 3.34. The molecule has 5 nitrogen and oxygen atoms in total. The molecule has 114 valence electrons. The zero-order valence-electron chi connectivity index (χ0n) is 12.1. The summed E-state index contributed by atoms with van der Waals surface area (Å²) in [4.78, 5) is 20.2. The van der Waals surface area contributed by atoms with Crippen molar-refractivity contribution in [3.05, 3.63) is 53.6 Å². The molecule has 0 aliphatic heterocycles. The number of anilines is 1. The Bertz CT molecular complexity index is 655.